The quantitative estimate of drug-likeness (QED) is 0.787. The minimum Gasteiger partial charge on any atom is -0.497 e. The van der Waals surface area contributed by atoms with E-state index in [0.717, 1.165) is 5.75 Å². The number of methoxy groups -OCH3 is 1. The van der Waals surface area contributed by atoms with Gasteiger partial charge in [-0.2, -0.15) is 5.21 Å². The Bertz CT molecular complexity index is 541. The number of H-pyrrole nitrogens is 1. The molecule has 1 heterocycles. The van der Waals surface area contributed by atoms with Crippen molar-refractivity contribution in [2.45, 2.75) is 19.6 Å². The van der Waals surface area contributed by atoms with Crippen LogP contribution in [0.3, 0.4) is 0 Å². The first kappa shape index (κ1) is 13.8. The van der Waals surface area contributed by atoms with Gasteiger partial charge in [-0.15, -0.1) is 10.2 Å². The van der Waals surface area contributed by atoms with Gasteiger partial charge in [0.1, 0.15) is 11.5 Å². The molecule has 20 heavy (non-hydrogen) atoms. The standard InChI is InChI=1S/C12H15N5O3/c1-8(12(18)13-7-11-14-16-17-15-11)20-10-5-3-9(19-2)4-6-10/h3-6,8H,7H2,1-2H3,(H,13,18)(H,14,15,16,17). The molecule has 2 rings (SSSR count). The van der Waals surface area contributed by atoms with E-state index in [0.29, 0.717) is 11.6 Å². The van der Waals surface area contributed by atoms with Gasteiger partial charge in [-0.25, -0.2) is 0 Å². The molecule has 0 aliphatic carbocycles. The van der Waals surface area contributed by atoms with Crippen molar-refractivity contribution in [1.82, 2.24) is 25.9 Å². The molecule has 1 aromatic carbocycles. The Kier molecular flexibility index (Phi) is 4.48. The molecule has 0 spiro atoms. The largest absolute Gasteiger partial charge is 0.497 e. The maximum atomic E-state index is 11.8. The smallest absolute Gasteiger partial charge is 0.261 e. The second kappa shape index (κ2) is 6.50. The summed E-state index contributed by atoms with van der Waals surface area (Å²) >= 11 is 0. The van der Waals surface area contributed by atoms with Crippen LogP contribution in [0.2, 0.25) is 0 Å². The fourth-order valence-electron chi connectivity index (χ4n) is 1.48. The van der Waals surface area contributed by atoms with Gasteiger partial charge < -0.3 is 14.8 Å². The highest BCUT2D eigenvalue weighted by atomic mass is 16.5. The summed E-state index contributed by atoms with van der Waals surface area (Å²) in [5.41, 5.74) is 0. The molecule has 1 atom stereocenters. The maximum Gasteiger partial charge on any atom is 0.261 e. The van der Waals surface area contributed by atoms with E-state index in [2.05, 4.69) is 25.9 Å². The molecule has 8 nitrogen and oxygen atoms in total. The SMILES string of the molecule is COc1ccc(OC(C)C(=O)NCc2nn[nH]n2)cc1. The number of nitrogens with zero attached hydrogens (tertiary/aromatic N) is 3. The van der Waals surface area contributed by atoms with Crippen LogP contribution in [0.4, 0.5) is 0 Å². The topological polar surface area (TPSA) is 102 Å². The molecule has 0 aliphatic heterocycles. The number of aromatic amines is 1. The third kappa shape index (κ3) is 3.67. The normalized spacial score (nSPS) is 11.7. The van der Waals surface area contributed by atoms with Crippen molar-refractivity contribution in [2.24, 2.45) is 0 Å². The van der Waals surface area contributed by atoms with Crippen LogP contribution < -0.4 is 14.8 Å². The highest BCUT2D eigenvalue weighted by Gasteiger charge is 2.15. The Balaban J connectivity index is 1.83. The van der Waals surface area contributed by atoms with Crippen LogP contribution in [0.15, 0.2) is 24.3 Å². The summed E-state index contributed by atoms with van der Waals surface area (Å²) < 4.78 is 10.6. The number of hydrogen-bond donors (Lipinski definition) is 2. The van der Waals surface area contributed by atoms with E-state index in [4.69, 9.17) is 9.47 Å². The number of carbonyl (C=O) groups is 1. The molecule has 0 bridgehead atoms. The van der Waals surface area contributed by atoms with Gasteiger partial charge in [0, 0.05) is 0 Å². The average molecular weight is 277 g/mol. The van der Waals surface area contributed by atoms with Crippen molar-refractivity contribution < 1.29 is 14.3 Å². The maximum absolute atomic E-state index is 11.8. The Morgan fingerprint density at radius 2 is 2.05 bits per heavy atom. The predicted molar refractivity (Wildman–Crippen MR) is 69.1 cm³/mol. The monoisotopic (exact) mass is 277 g/mol. The summed E-state index contributed by atoms with van der Waals surface area (Å²) in [7, 11) is 1.59. The molecule has 0 saturated heterocycles. The minimum atomic E-state index is -0.629. The van der Waals surface area contributed by atoms with Gasteiger partial charge in [0.25, 0.3) is 5.91 Å². The van der Waals surface area contributed by atoms with E-state index in [-0.39, 0.29) is 12.5 Å². The van der Waals surface area contributed by atoms with Crippen LogP contribution in [-0.2, 0) is 11.3 Å². The highest BCUT2D eigenvalue weighted by Crippen LogP contribution is 2.18. The van der Waals surface area contributed by atoms with Gasteiger partial charge in [-0.05, 0) is 31.2 Å². The molecule has 0 radical (unpaired) electrons. The average Bonchev–Trinajstić information content (AvgIpc) is 2.98. The summed E-state index contributed by atoms with van der Waals surface area (Å²) in [5.74, 6) is 1.47. The summed E-state index contributed by atoms with van der Waals surface area (Å²) in [6.07, 6.45) is -0.629. The van der Waals surface area contributed by atoms with Gasteiger partial charge in [0.2, 0.25) is 0 Å². The molecule has 0 saturated carbocycles. The van der Waals surface area contributed by atoms with Crippen LogP contribution in [0.25, 0.3) is 0 Å². The lowest BCUT2D eigenvalue weighted by Gasteiger charge is -2.14. The predicted octanol–water partition coefficient (Wildman–Crippen LogP) is 0.292. The van der Waals surface area contributed by atoms with E-state index in [1.807, 2.05) is 0 Å². The fourth-order valence-corrected chi connectivity index (χ4v) is 1.48. The van der Waals surface area contributed by atoms with Crippen molar-refractivity contribution >= 4 is 5.91 Å². The van der Waals surface area contributed by atoms with Crippen molar-refractivity contribution in [3.63, 3.8) is 0 Å². The third-order valence-corrected chi connectivity index (χ3v) is 2.55. The Hall–Kier alpha value is -2.64. The number of amides is 1. The lowest BCUT2D eigenvalue weighted by atomic mass is 10.3. The Morgan fingerprint density at radius 3 is 2.65 bits per heavy atom. The number of rotatable bonds is 6. The number of aromatic nitrogens is 4. The molecular formula is C12H15N5O3. The minimum absolute atomic E-state index is 0.200. The van der Waals surface area contributed by atoms with E-state index in [1.54, 1.807) is 38.3 Å². The number of ether oxygens (including phenoxy) is 2. The van der Waals surface area contributed by atoms with Gasteiger partial charge in [0.05, 0.1) is 13.7 Å². The van der Waals surface area contributed by atoms with E-state index < -0.39 is 6.10 Å². The van der Waals surface area contributed by atoms with Crippen LogP contribution in [0, 0.1) is 0 Å². The first-order chi connectivity index (χ1) is 9.69. The molecule has 1 amide bonds. The number of benzene rings is 1. The van der Waals surface area contributed by atoms with Crippen LogP contribution in [0.1, 0.15) is 12.7 Å². The molecule has 2 aromatic rings. The first-order valence-electron chi connectivity index (χ1n) is 6.00. The van der Waals surface area contributed by atoms with Crippen molar-refractivity contribution in [1.29, 1.82) is 0 Å². The fraction of sp³-hybridized carbons (Fsp3) is 0.333. The summed E-state index contributed by atoms with van der Waals surface area (Å²) in [6, 6.07) is 7.00. The molecule has 8 heteroatoms. The molecule has 0 fully saturated rings. The molecule has 106 valence electrons. The molecule has 2 N–H and O–H groups in total. The second-order valence-electron chi connectivity index (χ2n) is 3.98. The molecular weight excluding hydrogens is 262 g/mol. The second-order valence-corrected chi connectivity index (χ2v) is 3.98. The Labute approximate surface area is 115 Å². The van der Waals surface area contributed by atoms with Gasteiger partial charge in [-0.3, -0.25) is 4.79 Å². The van der Waals surface area contributed by atoms with Gasteiger partial charge >= 0.3 is 0 Å². The summed E-state index contributed by atoms with van der Waals surface area (Å²) in [5, 5.41) is 15.8. The number of hydrogen-bond acceptors (Lipinski definition) is 6. The van der Waals surface area contributed by atoms with E-state index >= 15 is 0 Å². The van der Waals surface area contributed by atoms with E-state index in [1.165, 1.54) is 0 Å². The summed E-state index contributed by atoms with van der Waals surface area (Å²) in [4.78, 5) is 11.8. The van der Waals surface area contributed by atoms with E-state index in [9.17, 15) is 4.79 Å². The first-order valence-corrected chi connectivity index (χ1v) is 6.00. The van der Waals surface area contributed by atoms with Crippen LogP contribution >= 0.6 is 0 Å². The van der Waals surface area contributed by atoms with Crippen molar-refractivity contribution in [2.75, 3.05) is 7.11 Å². The van der Waals surface area contributed by atoms with Gasteiger partial charge in [-0.1, -0.05) is 5.21 Å². The van der Waals surface area contributed by atoms with Crippen molar-refractivity contribution in [3.8, 4) is 11.5 Å². The van der Waals surface area contributed by atoms with Gasteiger partial charge in [0.15, 0.2) is 11.9 Å². The number of tetrazole rings is 1. The lowest BCUT2D eigenvalue weighted by Crippen LogP contribution is -2.36. The zero-order valence-corrected chi connectivity index (χ0v) is 11.2. The third-order valence-electron chi connectivity index (χ3n) is 2.55. The van der Waals surface area contributed by atoms with Crippen LogP contribution in [-0.4, -0.2) is 39.7 Å². The highest BCUT2D eigenvalue weighted by molar-refractivity contribution is 5.80. The number of carbonyl (C=O) groups excluding carboxylic acids is 1. The zero-order valence-electron chi connectivity index (χ0n) is 11.2. The van der Waals surface area contributed by atoms with Crippen molar-refractivity contribution in [3.05, 3.63) is 30.1 Å². The molecule has 1 unspecified atom stereocenters. The zero-order chi connectivity index (χ0) is 14.4. The summed E-state index contributed by atoms with van der Waals surface area (Å²) in [6.45, 7) is 1.86. The molecule has 0 aliphatic rings. The van der Waals surface area contributed by atoms with Crippen LogP contribution in [0.5, 0.6) is 11.5 Å². The molecule has 1 aromatic heterocycles. The Morgan fingerprint density at radius 1 is 1.35 bits per heavy atom. The number of nitrogens with one attached hydrogen (secondary N) is 2. The lowest BCUT2D eigenvalue weighted by molar-refractivity contribution is -0.127.